The summed E-state index contributed by atoms with van der Waals surface area (Å²) >= 11 is 0. The zero-order valence-corrected chi connectivity index (χ0v) is 35.4. The van der Waals surface area contributed by atoms with Crippen molar-refractivity contribution in [2.24, 2.45) is 5.41 Å². The maximum Gasteiger partial charge on any atom is 0.255 e. The van der Waals surface area contributed by atoms with Gasteiger partial charge in [0.1, 0.15) is 24.1 Å². The number of ether oxygens (including phenoxy) is 1. The largest absolute Gasteiger partial charge is 0.508 e. The van der Waals surface area contributed by atoms with Crippen molar-refractivity contribution < 1.29 is 24.2 Å². The number of hydrogen-bond donors (Lipinski definition) is 3. The molecular formula is C50H55N7O5. The molecule has 1 aliphatic carbocycles. The molecular weight excluding hydrogens is 779 g/mol. The minimum absolute atomic E-state index is 0.171. The summed E-state index contributed by atoms with van der Waals surface area (Å²) in [5.74, 6) is 1.56. The number of phenols is 1. The molecule has 11 rings (SSSR count). The number of phenolic OH excluding ortho intramolecular Hbond substituents is 1. The Bertz CT molecular complexity index is 2460. The van der Waals surface area contributed by atoms with E-state index in [0.717, 1.165) is 63.1 Å². The maximum atomic E-state index is 13.8. The molecule has 0 bridgehead atoms. The van der Waals surface area contributed by atoms with Gasteiger partial charge in [0, 0.05) is 75.0 Å². The van der Waals surface area contributed by atoms with Crippen LogP contribution in [0.5, 0.6) is 11.5 Å². The molecule has 7 aliphatic rings. The Kier molecular flexibility index (Phi) is 9.37. The molecule has 4 saturated heterocycles. The number of rotatable bonds is 6. The summed E-state index contributed by atoms with van der Waals surface area (Å²) < 4.78 is 6.48. The van der Waals surface area contributed by atoms with Gasteiger partial charge in [-0.15, -0.1) is 0 Å². The Labute approximate surface area is 362 Å². The topological polar surface area (TPSA) is 133 Å². The lowest BCUT2D eigenvalue weighted by atomic mass is 9.69. The van der Waals surface area contributed by atoms with Crippen molar-refractivity contribution in [2.45, 2.75) is 75.4 Å². The van der Waals surface area contributed by atoms with E-state index >= 15 is 0 Å². The molecule has 0 saturated carbocycles. The van der Waals surface area contributed by atoms with Gasteiger partial charge in [0.25, 0.3) is 5.91 Å². The maximum absolute atomic E-state index is 13.8. The highest BCUT2D eigenvalue weighted by Gasteiger charge is 2.49. The van der Waals surface area contributed by atoms with Crippen LogP contribution in [0.15, 0.2) is 84.9 Å². The molecule has 3 N–H and O–H groups in total. The number of hydrogen-bond acceptors (Lipinski definition) is 9. The summed E-state index contributed by atoms with van der Waals surface area (Å²) in [5, 5.41) is 20.7. The molecule has 3 amide bonds. The highest BCUT2D eigenvalue weighted by Crippen LogP contribution is 2.49. The average Bonchev–Trinajstić information content (AvgIpc) is 3.61. The van der Waals surface area contributed by atoms with Crippen LogP contribution in [0, 0.1) is 10.8 Å². The SMILES string of the molecule is C[C@]12COc3c(ccc4c3CN(C3CCC(=N)NC3=O)C4=O)N1CCN(C(=O)CN1CC3(CCN(c4ccc([C@@H]5c6ccc(O)cc6CC[C@@H]5c5ccccc5)cc4)CC3)C1)C2. The Balaban J connectivity index is 0.689. The van der Waals surface area contributed by atoms with Crippen molar-refractivity contribution in [2.75, 3.05) is 68.8 Å². The average molecular weight is 834 g/mol. The van der Waals surface area contributed by atoms with Crippen LogP contribution in [0.2, 0.25) is 0 Å². The van der Waals surface area contributed by atoms with Gasteiger partial charge in [0.2, 0.25) is 11.8 Å². The Morgan fingerprint density at radius 3 is 2.45 bits per heavy atom. The van der Waals surface area contributed by atoms with E-state index in [9.17, 15) is 19.5 Å². The molecule has 320 valence electrons. The van der Waals surface area contributed by atoms with E-state index in [-0.39, 0.29) is 34.9 Å². The number of carbonyl (C=O) groups is 3. The standard InChI is InChI=1S/C50H55N7O5/c1-49-28-55(23-24-57(49)41-16-15-39-40(46(41)62-31-49)26-56(48(39)61)42-17-18-43(51)52-47(42)60)44(59)27-53-29-50(30-53)19-21-54(22-20-50)35-10-7-33(8-11-35)45-37(32-5-3-2-4-6-32)13-9-34-25-36(58)12-14-38(34)45/h2-8,10-12,14-16,25,37,42,45,58H,9,13,17-24,26-31H2,1H3,(H2,51,52,60)/t37-,42?,45+,49+/m1/s1. The molecule has 1 unspecified atom stereocenters. The molecule has 12 nitrogen and oxygen atoms in total. The number of aromatic hydroxyl groups is 1. The van der Waals surface area contributed by atoms with E-state index < -0.39 is 11.6 Å². The zero-order chi connectivity index (χ0) is 42.3. The Morgan fingerprint density at radius 2 is 1.68 bits per heavy atom. The molecule has 0 aromatic heterocycles. The van der Waals surface area contributed by atoms with E-state index in [1.54, 1.807) is 4.90 Å². The zero-order valence-electron chi connectivity index (χ0n) is 35.4. The van der Waals surface area contributed by atoms with Gasteiger partial charge >= 0.3 is 0 Å². The number of benzene rings is 4. The first-order valence-corrected chi connectivity index (χ1v) is 22.5. The number of piperidine rings is 2. The number of likely N-dealkylation sites (tertiary alicyclic amines) is 1. The van der Waals surface area contributed by atoms with E-state index in [0.29, 0.717) is 75.2 Å². The lowest BCUT2D eigenvalue weighted by Crippen LogP contribution is -2.67. The minimum Gasteiger partial charge on any atom is -0.508 e. The third kappa shape index (κ3) is 6.60. The van der Waals surface area contributed by atoms with Crippen LogP contribution in [-0.4, -0.2) is 114 Å². The highest BCUT2D eigenvalue weighted by atomic mass is 16.5. The number of aryl methyl sites for hydroxylation is 1. The van der Waals surface area contributed by atoms with Crippen molar-refractivity contribution in [3.05, 3.63) is 118 Å². The van der Waals surface area contributed by atoms with Crippen LogP contribution in [0.1, 0.15) is 89.0 Å². The number of fused-ring (bicyclic) bond motifs is 6. The summed E-state index contributed by atoms with van der Waals surface area (Å²) in [7, 11) is 0. The number of nitrogens with zero attached hydrogens (tertiary/aromatic N) is 5. The normalized spacial score (nSPS) is 26.5. The van der Waals surface area contributed by atoms with Gasteiger partial charge in [-0.25, -0.2) is 0 Å². The lowest BCUT2D eigenvalue weighted by Gasteiger charge is -2.55. The van der Waals surface area contributed by atoms with Crippen molar-refractivity contribution in [1.82, 2.24) is 20.0 Å². The van der Waals surface area contributed by atoms with E-state index in [2.05, 4.69) is 87.6 Å². The van der Waals surface area contributed by atoms with E-state index in [4.69, 9.17) is 10.1 Å². The van der Waals surface area contributed by atoms with Crippen molar-refractivity contribution in [1.29, 1.82) is 5.41 Å². The quantitative estimate of drug-likeness (QED) is 0.220. The third-order valence-corrected chi connectivity index (χ3v) is 15.4. The fraction of sp³-hybridized carbons (Fsp3) is 0.440. The van der Waals surface area contributed by atoms with E-state index in [1.807, 2.05) is 29.2 Å². The molecule has 4 atom stereocenters. The van der Waals surface area contributed by atoms with Crippen LogP contribution in [0.3, 0.4) is 0 Å². The van der Waals surface area contributed by atoms with Crippen molar-refractivity contribution >= 4 is 34.9 Å². The summed E-state index contributed by atoms with van der Waals surface area (Å²) in [5.41, 5.74) is 8.72. The number of amidine groups is 1. The molecule has 12 heteroatoms. The van der Waals surface area contributed by atoms with Crippen LogP contribution in [0.4, 0.5) is 11.4 Å². The van der Waals surface area contributed by atoms with E-state index in [1.165, 1.54) is 27.9 Å². The number of amides is 3. The fourth-order valence-corrected chi connectivity index (χ4v) is 12.1. The van der Waals surface area contributed by atoms with Gasteiger partial charge in [0.05, 0.1) is 30.2 Å². The summed E-state index contributed by atoms with van der Waals surface area (Å²) in [6.45, 7) is 9.11. The smallest absolute Gasteiger partial charge is 0.255 e. The molecule has 6 aliphatic heterocycles. The number of piperazine rings is 1. The first-order valence-electron chi connectivity index (χ1n) is 22.5. The van der Waals surface area contributed by atoms with Crippen molar-refractivity contribution in [3.63, 3.8) is 0 Å². The first kappa shape index (κ1) is 39.0. The van der Waals surface area contributed by atoms with Crippen molar-refractivity contribution in [3.8, 4) is 11.5 Å². The number of nitrogens with one attached hydrogen (secondary N) is 2. The van der Waals surface area contributed by atoms with Gasteiger partial charge < -0.3 is 34.8 Å². The minimum atomic E-state index is -0.598. The van der Waals surface area contributed by atoms with Gasteiger partial charge in [-0.05, 0) is 109 Å². The van der Waals surface area contributed by atoms with Crippen LogP contribution in [0.25, 0.3) is 0 Å². The number of anilines is 2. The molecule has 1 spiro atoms. The predicted molar refractivity (Wildman–Crippen MR) is 237 cm³/mol. The van der Waals surface area contributed by atoms with Crippen LogP contribution in [-0.2, 0) is 22.6 Å². The van der Waals surface area contributed by atoms with Gasteiger partial charge in [-0.3, -0.25) is 24.7 Å². The first-order chi connectivity index (χ1) is 30.0. The number of carbonyl (C=O) groups excluding carboxylic acids is 3. The second kappa shape index (κ2) is 14.9. The Morgan fingerprint density at radius 1 is 0.887 bits per heavy atom. The van der Waals surface area contributed by atoms with Gasteiger partial charge in [-0.2, -0.15) is 0 Å². The second-order valence-electron chi connectivity index (χ2n) is 19.3. The van der Waals surface area contributed by atoms with Gasteiger partial charge in [-0.1, -0.05) is 48.5 Å². The molecule has 4 aromatic carbocycles. The fourth-order valence-electron chi connectivity index (χ4n) is 12.1. The van der Waals surface area contributed by atoms with Crippen LogP contribution >= 0.6 is 0 Å². The van der Waals surface area contributed by atoms with Crippen LogP contribution < -0.4 is 19.9 Å². The molecule has 4 aromatic rings. The summed E-state index contributed by atoms with van der Waals surface area (Å²) in [4.78, 5) is 50.9. The monoisotopic (exact) mass is 833 g/mol. The lowest BCUT2D eigenvalue weighted by molar-refractivity contribution is -0.138. The molecule has 0 radical (unpaired) electrons. The second-order valence-corrected chi connectivity index (χ2v) is 19.3. The third-order valence-electron chi connectivity index (χ3n) is 15.4. The summed E-state index contributed by atoms with van der Waals surface area (Å²) in [6.07, 6.45) is 5.13. The molecule has 62 heavy (non-hydrogen) atoms. The summed E-state index contributed by atoms with van der Waals surface area (Å²) in [6, 6.07) is 29.3. The Hall–Kier alpha value is -5.88. The molecule has 6 heterocycles. The van der Waals surface area contributed by atoms with Gasteiger partial charge in [0.15, 0.2) is 0 Å². The predicted octanol–water partition coefficient (Wildman–Crippen LogP) is 5.87. The molecule has 4 fully saturated rings. The highest BCUT2D eigenvalue weighted by molar-refractivity contribution is 6.06.